The van der Waals surface area contributed by atoms with Gasteiger partial charge in [0.2, 0.25) is 11.8 Å². The summed E-state index contributed by atoms with van der Waals surface area (Å²) in [5.74, 6) is 1.34. The molecule has 0 atom stereocenters. The van der Waals surface area contributed by atoms with Crippen LogP contribution in [0.1, 0.15) is 35.1 Å². The number of aryl methyl sites for hydroxylation is 1. The molecular weight excluding hydrogens is 456 g/mol. The monoisotopic (exact) mass is 476 g/mol. The van der Waals surface area contributed by atoms with E-state index in [4.69, 9.17) is 22.1 Å². The molecule has 2 aromatic carbocycles. The van der Waals surface area contributed by atoms with E-state index in [0.29, 0.717) is 27.9 Å². The summed E-state index contributed by atoms with van der Waals surface area (Å²) in [6.45, 7) is 3.82. The molecule has 1 heterocycles. The molecule has 0 bridgehead atoms. The molecule has 0 radical (unpaired) electrons. The van der Waals surface area contributed by atoms with Crippen LogP contribution in [0.2, 0.25) is 5.02 Å². The molecule has 4 N–H and O–H groups in total. The topological polar surface area (TPSA) is 80.6 Å². The normalized spacial score (nSPS) is 13.4. The number of hydrogen-bond acceptors (Lipinski definition) is 4. The zero-order valence-corrected chi connectivity index (χ0v) is 18.6. The van der Waals surface area contributed by atoms with E-state index in [1.54, 1.807) is 18.2 Å². The third-order valence-corrected chi connectivity index (χ3v) is 6.71. The van der Waals surface area contributed by atoms with Crippen molar-refractivity contribution >= 4 is 33.2 Å². The molecule has 0 unspecified atom stereocenters. The predicted octanol–water partition coefficient (Wildman–Crippen LogP) is 6.17. The third kappa shape index (κ3) is 3.34. The van der Waals surface area contributed by atoms with Gasteiger partial charge >= 0.3 is 0 Å². The van der Waals surface area contributed by atoms with Crippen LogP contribution >= 0.6 is 27.5 Å². The van der Waals surface area contributed by atoms with E-state index in [1.165, 1.54) is 4.57 Å². The van der Waals surface area contributed by atoms with E-state index >= 15 is 0 Å². The first-order chi connectivity index (χ1) is 13.8. The summed E-state index contributed by atoms with van der Waals surface area (Å²) in [6, 6.07) is 6.99. The fourth-order valence-corrected chi connectivity index (χ4v) is 4.72. The maximum absolute atomic E-state index is 10.8. The van der Waals surface area contributed by atoms with Crippen LogP contribution in [0.15, 0.2) is 28.7 Å². The Morgan fingerprint density at radius 3 is 2.28 bits per heavy atom. The van der Waals surface area contributed by atoms with Gasteiger partial charge in [0, 0.05) is 16.8 Å². The second kappa shape index (κ2) is 7.50. The van der Waals surface area contributed by atoms with Gasteiger partial charge in [-0.3, -0.25) is 4.57 Å². The number of nitrogen functional groups attached to an aromatic ring is 1. The number of ether oxygens (including phenoxy) is 1. The van der Waals surface area contributed by atoms with Gasteiger partial charge in [-0.1, -0.05) is 11.6 Å². The van der Waals surface area contributed by atoms with E-state index in [-0.39, 0.29) is 11.8 Å². The lowest BCUT2D eigenvalue weighted by atomic mass is 9.95. The second-order valence-electron chi connectivity index (χ2n) is 7.42. The Morgan fingerprint density at radius 2 is 1.69 bits per heavy atom. The molecular formula is C22H22BrClN2O3. The molecule has 4 rings (SSSR count). The van der Waals surface area contributed by atoms with Crippen molar-refractivity contribution in [3.05, 3.63) is 56.0 Å². The summed E-state index contributed by atoms with van der Waals surface area (Å²) < 4.78 is 8.33. The first kappa shape index (κ1) is 20.0. The SMILES string of the molecule is Cc1cc(-n2c(O)c3c(c2O)CCCC3)c(C)c(Br)c1Oc1ccc(N)cc1Cl. The van der Waals surface area contributed by atoms with Gasteiger partial charge in [-0.15, -0.1) is 0 Å². The Hall–Kier alpha value is -2.31. The highest BCUT2D eigenvalue weighted by molar-refractivity contribution is 9.10. The van der Waals surface area contributed by atoms with Crippen LogP contribution in [0.25, 0.3) is 5.69 Å². The Balaban J connectivity index is 1.82. The Labute approximate surface area is 182 Å². The minimum atomic E-state index is 0.113. The quantitative estimate of drug-likeness (QED) is 0.394. The average Bonchev–Trinajstić information content (AvgIpc) is 2.94. The maximum atomic E-state index is 10.8. The van der Waals surface area contributed by atoms with Crippen molar-refractivity contribution in [3.63, 3.8) is 0 Å². The average molecular weight is 478 g/mol. The molecule has 0 saturated heterocycles. The minimum Gasteiger partial charge on any atom is -0.494 e. The number of rotatable bonds is 3. The van der Waals surface area contributed by atoms with Crippen LogP contribution in [0.5, 0.6) is 23.3 Å². The van der Waals surface area contributed by atoms with E-state index in [2.05, 4.69) is 15.9 Å². The van der Waals surface area contributed by atoms with Gasteiger partial charge < -0.3 is 20.7 Å². The highest BCUT2D eigenvalue weighted by atomic mass is 79.9. The molecule has 0 saturated carbocycles. The largest absolute Gasteiger partial charge is 0.494 e. The Kier molecular flexibility index (Phi) is 5.17. The Bertz CT molecular complexity index is 1090. The van der Waals surface area contributed by atoms with Crippen LogP contribution in [-0.2, 0) is 12.8 Å². The number of benzene rings is 2. The highest BCUT2D eigenvalue weighted by Crippen LogP contribution is 2.45. The fraction of sp³-hybridized carbons (Fsp3) is 0.273. The molecule has 0 fully saturated rings. The van der Waals surface area contributed by atoms with Gasteiger partial charge in [0.15, 0.2) is 0 Å². The lowest BCUT2D eigenvalue weighted by Gasteiger charge is -2.18. The summed E-state index contributed by atoms with van der Waals surface area (Å²) >= 11 is 9.89. The molecule has 7 heteroatoms. The van der Waals surface area contributed by atoms with E-state index in [9.17, 15) is 10.2 Å². The summed E-state index contributed by atoms with van der Waals surface area (Å²) in [5.41, 5.74) is 10.4. The van der Waals surface area contributed by atoms with Crippen molar-refractivity contribution in [1.82, 2.24) is 4.57 Å². The number of halogens is 2. The highest BCUT2D eigenvalue weighted by Gasteiger charge is 2.27. The van der Waals surface area contributed by atoms with E-state index in [1.807, 2.05) is 19.9 Å². The standard InChI is InChI=1S/C22H22BrClN2O3/c1-11-9-17(26-21(27)14-5-3-4-6-15(14)22(26)28)12(2)19(23)20(11)29-18-8-7-13(25)10-16(18)24/h7-10,27-28H,3-6,25H2,1-2H3. The van der Waals surface area contributed by atoms with Crippen molar-refractivity contribution < 1.29 is 14.9 Å². The van der Waals surface area contributed by atoms with Crippen molar-refractivity contribution in [2.24, 2.45) is 0 Å². The molecule has 29 heavy (non-hydrogen) atoms. The number of aromatic hydroxyl groups is 2. The molecule has 0 spiro atoms. The maximum Gasteiger partial charge on any atom is 0.202 e. The summed E-state index contributed by atoms with van der Waals surface area (Å²) in [4.78, 5) is 0. The number of aromatic nitrogens is 1. The Morgan fingerprint density at radius 1 is 1.07 bits per heavy atom. The van der Waals surface area contributed by atoms with Crippen LogP contribution in [-0.4, -0.2) is 14.8 Å². The molecule has 152 valence electrons. The van der Waals surface area contributed by atoms with Crippen molar-refractivity contribution in [3.8, 4) is 28.9 Å². The first-order valence-corrected chi connectivity index (χ1v) is 10.6. The van der Waals surface area contributed by atoms with Crippen molar-refractivity contribution in [1.29, 1.82) is 0 Å². The first-order valence-electron chi connectivity index (χ1n) is 9.47. The predicted molar refractivity (Wildman–Crippen MR) is 119 cm³/mol. The molecule has 1 aliphatic rings. The molecule has 0 aliphatic heterocycles. The number of fused-ring (bicyclic) bond motifs is 1. The molecule has 5 nitrogen and oxygen atoms in total. The zero-order valence-electron chi connectivity index (χ0n) is 16.2. The van der Waals surface area contributed by atoms with Gasteiger partial charge in [0.05, 0.1) is 15.2 Å². The minimum absolute atomic E-state index is 0.113. The molecule has 1 aromatic heterocycles. The fourth-order valence-electron chi connectivity index (χ4n) is 3.90. The van der Waals surface area contributed by atoms with Crippen LogP contribution in [0, 0.1) is 13.8 Å². The van der Waals surface area contributed by atoms with Gasteiger partial charge in [-0.2, -0.15) is 0 Å². The van der Waals surface area contributed by atoms with Crippen molar-refractivity contribution in [2.75, 3.05) is 5.73 Å². The van der Waals surface area contributed by atoms with Gasteiger partial charge in [-0.05, 0) is 90.9 Å². The van der Waals surface area contributed by atoms with Gasteiger partial charge in [0.1, 0.15) is 11.5 Å². The van der Waals surface area contributed by atoms with E-state index < -0.39 is 0 Å². The summed E-state index contributed by atoms with van der Waals surface area (Å²) in [6.07, 6.45) is 3.58. The van der Waals surface area contributed by atoms with E-state index in [0.717, 1.165) is 52.4 Å². The number of hydrogen-bond donors (Lipinski definition) is 3. The van der Waals surface area contributed by atoms with Crippen LogP contribution < -0.4 is 10.5 Å². The third-order valence-electron chi connectivity index (χ3n) is 5.46. The molecule has 1 aliphatic carbocycles. The smallest absolute Gasteiger partial charge is 0.202 e. The summed E-state index contributed by atoms with van der Waals surface area (Å²) in [5, 5.41) is 22.0. The van der Waals surface area contributed by atoms with Crippen LogP contribution in [0.3, 0.4) is 0 Å². The van der Waals surface area contributed by atoms with Gasteiger partial charge in [-0.25, -0.2) is 0 Å². The van der Waals surface area contributed by atoms with Crippen molar-refractivity contribution in [2.45, 2.75) is 39.5 Å². The van der Waals surface area contributed by atoms with Gasteiger partial charge in [0.25, 0.3) is 0 Å². The zero-order chi connectivity index (χ0) is 20.9. The molecule has 0 amide bonds. The summed E-state index contributed by atoms with van der Waals surface area (Å²) in [7, 11) is 0. The number of nitrogens with two attached hydrogens (primary N) is 1. The number of nitrogens with zero attached hydrogens (tertiary/aromatic N) is 1. The lowest BCUT2D eigenvalue weighted by molar-refractivity contribution is 0.399. The lowest BCUT2D eigenvalue weighted by Crippen LogP contribution is -2.01. The second-order valence-corrected chi connectivity index (χ2v) is 8.62. The molecule has 3 aromatic rings. The number of anilines is 1. The van der Waals surface area contributed by atoms with Crippen LogP contribution in [0.4, 0.5) is 5.69 Å².